The number of carbonyl (C=O) groups is 10. The number of carboxylic acid groups (broad SMARTS) is 1. The molecule has 3 rings (SSSR count). The van der Waals surface area contributed by atoms with Crippen LogP contribution in [0.2, 0.25) is 0 Å². The van der Waals surface area contributed by atoms with E-state index in [1.165, 1.54) is 31.2 Å². The summed E-state index contributed by atoms with van der Waals surface area (Å²) in [6.07, 6.45) is -1.02. The van der Waals surface area contributed by atoms with Crippen molar-refractivity contribution >= 4 is 65.1 Å². The van der Waals surface area contributed by atoms with E-state index >= 15 is 0 Å². The van der Waals surface area contributed by atoms with Crippen LogP contribution >= 0.6 is 0 Å². The molecule has 21 N–H and O–H groups in total. The number of aliphatic carboxylic acids is 1. The third-order valence-electron chi connectivity index (χ3n) is 12.3. The summed E-state index contributed by atoms with van der Waals surface area (Å²) in [5, 5.41) is 57.7. The molecule has 2 aromatic rings. The Labute approximate surface area is 444 Å². The minimum Gasteiger partial charge on any atom is -0.508 e. The summed E-state index contributed by atoms with van der Waals surface area (Å²) in [5.41, 5.74) is 28.4. The Balaban J connectivity index is 1.80. The van der Waals surface area contributed by atoms with Gasteiger partial charge in [0.25, 0.3) is 0 Å². The summed E-state index contributed by atoms with van der Waals surface area (Å²) >= 11 is 0. The van der Waals surface area contributed by atoms with Crippen LogP contribution in [0.1, 0.15) is 76.3 Å². The number of likely N-dealkylation sites (tertiary alicyclic amines) is 1. The molecule has 10 unspecified atom stereocenters. The van der Waals surface area contributed by atoms with E-state index in [-0.39, 0.29) is 69.7 Å². The zero-order chi connectivity index (χ0) is 57.4. The number of nitrogens with one attached hydrogen (secondary N) is 7. The third kappa shape index (κ3) is 21.3. The van der Waals surface area contributed by atoms with Crippen LogP contribution in [-0.2, 0) is 60.8 Å². The van der Waals surface area contributed by atoms with Gasteiger partial charge < -0.3 is 91.2 Å². The van der Waals surface area contributed by atoms with Gasteiger partial charge >= 0.3 is 5.97 Å². The van der Waals surface area contributed by atoms with Crippen LogP contribution in [0.4, 0.5) is 0 Å². The number of phenolic OH excluding ortho intramolecular Hbond substituents is 1. The van der Waals surface area contributed by atoms with Gasteiger partial charge in [-0.2, -0.15) is 0 Å². The van der Waals surface area contributed by atoms with Gasteiger partial charge in [-0.05, 0) is 88.6 Å². The number of phenols is 1. The standard InChI is InChI=1S/C49H74N14O14/c1-26(56-43(71)34(23-29-15-17-30(66)18-16-29)60-46(74)39(27(2)65)62-41(69)31(51)24-38(52)67)40(68)61-36(25-64)47(75)63-21-9-14-37(63)45(73)57-32(13-8-20-55-49(53)54)42(70)59-35(22-28-10-4-3-5-11-28)44(72)58-33(48(76)77)12-6-7-19-50/h3-5,10-11,15-18,26-27,31-37,39,64-66H,6-9,12-14,19-25,50-51H2,1-2H3,(H2,52,67)(H,56,71)(H,57,73)(H,58,72)(H,59,70)(H,60,74)(H,61,68)(H,62,69)(H,76,77)(H4,53,54,55). The van der Waals surface area contributed by atoms with Crippen LogP contribution in [0.15, 0.2) is 59.6 Å². The van der Waals surface area contributed by atoms with Crippen molar-refractivity contribution in [2.75, 3.05) is 26.2 Å². The Kier molecular flexibility index (Phi) is 26.2. The molecule has 1 heterocycles. The van der Waals surface area contributed by atoms with E-state index in [0.29, 0.717) is 30.5 Å². The van der Waals surface area contributed by atoms with Crippen LogP contribution in [-0.4, -0.2) is 177 Å². The summed E-state index contributed by atoms with van der Waals surface area (Å²) in [6.45, 7) is 1.76. The number of nitrogens with zero attached hydrogens (tertiary/aromatic N) is 2. The lowest BCUT2D eigenvalue weighted by Gasteiger charge is -2.30. The quantitative estimate of drug-likeness (QED) is 0.0185. The molecule has 9 amide bonds. The number of carboxylic acids is 1. The van der Waals surface area contributed by atoms with Crippen molar-refractivity contribution in [3.63, 3.8) is 0 Å². The van der Waals surface area contributed by atoms with E-state index in [4.69, 9.17) is 28.7 Å². The molecule has 2 aromatic carbocycles. The highest BCUT2D eigenvalue weighted by Crippen LogP contribution is 2.20. The molecule has 0 spiro atoms. The van der Waals surface area contributed by atoms with Gasteiger partial charge in [-0.3, -0.25) is 48.1 Å². The second-order valence-electron chi connectivity index (χ2n) is 18.5. The molecule has 1 aliphatic heterocycles. The third-order valence-corrected chi connectivity index (χ3v) is 12.3. The lowest BCUT2D eigenvalue weighted by molar-refractivity contribution is -0.143. The number of aliphatic hydroxyl groups is 2. The fraction of sp³-hybridized carbons (Fsp3) is 0.531. The Morgan fingerprint density at radius 2 is 1.23 bits per heavy atom. The first-order chi connectivity index (χ1) is 36.4. The molecule has 0 aliphatic carbocycles. The zero-order valence-corrected chi connectivity index (χ0v) is 43.0. The lowest BCUT2D eigenvalue weighted by Crippen LogP contribution is -2.61. The van der Waals surface area contributed by atoms with Gasteiger partial charge in [-0.15, -0.1) is 0 Å². The molecule has 28 nitrogen and oxygen atoms in total. The molecular formula is C49H74N14O14. The van der Waals surface area contributed by atoms with Gasteiger partial charge in [0.2, 0.25) is 53.2 Å². The number of amides is 9. The number of aliphatic hydroxyl groups excluding tert-OH is 2. The normalized spacial score (nSPS) is 16.5. The summed E-state index contributed by atoms with van der Waals surface area (Å²) in [4.78, 5) is 138. The number of rotatable bonds is 32. The van der Waals surface area contributed by atoms with Gasteiger partial charge in [0.1, 0.15) is 54.1 Å². The fourth-order valence-corrected chi connectivity index (χ4v) is 8.07. The highest BCUT2D eigenvalue weighted by Gasteiger charge is 2.40. The van der Waals surface area contributed by atoms with E-state index in [0.717, 1.165) is 11.8 Å². The van der Waals surface area contributed by atoms with E-state index in [1.54, 1.807) is 30.3 Å². The number of primary amides is 1. The highest BCUT2D eigenvalue weighted by molar-refractivity contribution is 5.98. The smallest absolute Gasteiger partial charge is 0.326 e. The van der Waals surface area contributed by atoms with Gasteiger partial charge in [-0.25, -0.2) is 4.79 Å². The lowest BCUT2D eigenvalue weighted by atomic mass is 10.0. The number of aromatic hydroxyl groups is 1. The number of carbonyl (C=O) groups excluding carboxylic acids is 9. The van der Waals surface area contributed by atoms with Crippen LogP contribution < -0.4 is 65.9 Å². The van der Waals surface area contributed by atoms with Crippen LogP contribution in [0.5, 0.6) is 5.75 Å². The number of aliphatic imine (C=N–C) groups is 1. The van der Waals surface area contributed by atoms with Crippen molar-refractivity contribution in [2.45, 2.75) is 139 Å². The summed E-state index contributed by atoms with van der Waals surface area (Å²) < 4.78 is 0. The molecule has 28 heteroatoms. The van der Waals surface area contributed by atoms with Crippen molar-refractivity contribution in [3.05, 3.63) is 65.7 Å². The van der Waals surface area contributed by atoms with E-state index < -0.39 is 133 Å². The van der Waals surface area contributed by atoms with Crippen molar-refractivity contribution in [2.24, 2.45) is 33.7 Å². The molecule has 1 aliphatic rings. The predicted octanol–water partition coefficient (Wildman–Crippen LogP) is -5.58. The SMILES string of the molecule is CC(NC(=O)C(Cc1ccc(O)cc1)NC(=O)C(NC(=O)C(N)CC(N)=O)C(C)O)C(=O)NC(CO)C(=O)N1CCCC1C(=O)NC(CCCN=C(N)N)C(=O)NC(Cc1ccccc1)C(=O)NC(CCCCN)C(=O)O. The first-order valence-electron chi connectivity index (χ1n) is 25.0. The molecular weight excluding hydrogens is 1010 g/mol. The topological polar surface area (TPSA) is 482 Å². The minimum absolute atomic E-state index is 0.0180. The van der Waals surface area contributed by atoms with Gasteiger partial charge in [0, 0.05) is 25.9 Å². The largest absolute Gasteiger partial charge is 0.508 e. The number of benzene rings is 2. The molecule has 77 heavy (non-hydrogen) atoms. The van der Waals surface area contributed by atoms with Crippen LogP contribution in [0, 0.1) is 0 Å². The number of guanidine groups is 1. The summed E-state index contributed by atoms with van der Waals surface area (Å²) in [7, 11) is 0. The van der Waals surface area contributed by atoms with Gasteiger partial charge in [0.15, 0.2) is 5.96 Å². The van der Waals surface area contributed by atoms with Gasteiger partial charge in [0.05, 0.1) is 25.2 Å². The molecule has 424 valence electrons. The average Bonchev–Trinajstić information content (AvgIpc) is 3.88. The fourth-order valence-electron chi connectivity index (χ4n) is 8.07. The van der Waals surface area contributed by atoms with Crippen LogP contribution in [0.25, 0.3) is 0 Å². The van der Waals surface area contributed by atoms with Gasteiger partial charge in [-0.1, -0.05) is 42.5 Å². The molecule has 0 radical (unpaired) electrons. The number of hydrogen-bond donors (Lipinski definition) is 16. The molecule has 1 fully saturated rings. The number of unbranched alkanes of at least 4 members (excludes halogenated alkanes) is 1. The molecule has 0 bridgehead atoms. The minimum atomic E-state index is -1.70. The van der Waals surface area contributed by atoms with Crippen LogP contribution in [0.3, 0.4) is 0 Å². The first-order valence-corrected chi connectivity index (χ1v) is 25.0. The Bertz CT molecular complexity index is 2370. The second-order valence-corrected chi connectivity index (χ2v) is 18.5. The molecule has 10 atom stereocenters. The maximum absolute atomic E-state index is 14.1. The Morgan fingerprint density at radius 3 is 1.81 bits per heavy atom. The predicted molar refractivity (Wildman–Crippen MR) is 277 cm³/mol. The maximum Gasteiger partial charge on any atom is 0.326 e. The average molecular weight is 1080 g/mol. The molecule has 0 saturated carbocycles. The summed E-state index contributed by atoms with van der Waals surface area (Å²) in [5.74, 6) is -9.91. The Hall–Kier alpha value is -7.95. The zero-order valence-electron chi connectivity index (χ0n) is 43.0. The first kappa shape index (κ1) is 63.3. The van der Waals surface area contributed by atoms with E-state index in [2.05, 4.69) is 42.2 Å². The summed E-state index contributed by atoms with van der Waals surface area (Å²) in [6, 6.07) is 1.08. The number of hydrogen-bond acceptors (Lipinski definition) is 16. The van der Waals surface area contributed by atoms with Crippen molar-refractivity contribution in [1.82, 2.24) is 42.1 Å². The highest BCUT2D eigenvalue weighted by atomic mass is 16.4. The Morgan fingerprint density at radius 1 is 0.675 bits per heavy atom. The van der Waals surface area contributed by atoms with E-state index in [9.17, 15) is 68.4 Å². The monoisotopic (exact) mass is 1080 g/mol. The maximum atomic E-state index is 14.1. The molecule has 0 aromatic heterocycles. The van der Waals surface area contributed by atoms with E-state index in [1.807, 2.05) is 0 Å². The second kappa shape index (κ2) is 31.8. The van der Waals surface area contributed by atoms with Crippen molar-refractivity contribution < 1.29 is 68.4 Å². The number of nitrogens with two attached hydrogens (primary N) is 5. The van der Waals surface area contributed by atoms with Crippen molar-refractivity contribution in [1.29, 1.82) is 0 Å². The molecule has 1 saturated heterocycles. The van der Waals surface area contributed by atoms with Crippen molar-refractivity contribution in [3.8, 4) is 5.75 Å².